The standard InChI is InChI=1S/C23H22N8O3/c1-2-33-16-12-10-15(11-13-16)20-19(26-30-31(20)22-21(24)28-34-29-22)23(32)27-25-18-9-5-7-14-6-3-4-8-17(14)18/h3-4,6,8,10-13H,2,5,7,9H2,1H3,(H2,24,28)(H,27,32)/b25-18+. The van der Waals surface area contributed by atoms with Gasteiger partial charge >= 0.3 is 0 Å². The maximum atomic E-state index is 13.2. The van der Waals surface area contributed by atoms with Crippen molar-refractivity contribution in [2.45, 2.75) is 26.2 Å². The first-order valence-corrected chi connectivity index (χ1v) is 10.9. The lowest BCUT2D eigenvalue weighted by Crippen LogP contribution is -2.23. The lowest BCUT2D eigenvalue weighted by Gasteiger charge is -2.17. The number of nitrogens with two attached hydrogens (primary N) is 1. The van der Waals surface area contributed by atoms with Gasteiger partial charge in [-0.1, -0.05) is 29.5 Å². The summed E-state index contributed by atoms with van der Waals surface area (Å²) in [4.78, 5) is 13.2. The van der Waals surface area contributed by atoms with E-state index in [1.165, 1.54) is 10.2 Å². The average Bonchev–Trinajstić information content (AvgIpc) is 3.49. The van der Waals surface area contributed by atoms with Crippen LogP contribution < -0.4 is 15.9 Å². The fourth-order valence-corrected chi connectivity index (χ4v) is 3.94. The van der Waals surface area contributed by atoms with Crippen LogP contribution in [0.25, 0.3) is 17.1 Å². The van der Waals surface area contributed by atoms with Crippen molar-refractivity contribution in [2.24, 2.45) is 5.10 Å². The highest BCUT2D eigenvalue weighted by Gasteiger charge is 2.25. The fraction of sp³-hybridized carbons (Fsp3) is 0.217. The van der Waals surface area contributed by atoms with Crippen molar-refractivity contribution in [1.82, 2.24) is 30.7 Å². The van der Waals surface area contributed by atoms with Crippen molar-refractivity contribution in [2.75, 3.05) is 12.3 Å². The molecule has 3 N–H and O–H groups in total. The van der Waals surface area contributed by atoms with E-state index in [0.29, 0.717) is 23.6 Å². The van der Waals surface area contributed by atoms with Gasteiger partial charge < -0.3 is 10.5 Å². The Morgan fingerprint density at radius 1 is 1.18 bits per heavy atom. The van der Waals surface area contributed by atoms with E-state index in [-0.39, 0.29) is 17.3 Å². The summed E-state index contributed by atoms with van der Waals surface area (Å²) in [6.07, 6.45) is 2.74. The highest BCUT2D eigenvalue weighted by Crippen LogP contribution is 2.28. The van der Waals surface area contributed by atoms with Gasteiger partial charge in [-0.2, -0.15) is 9.78 Å². The third-order valence-electron chi connectivity index (χ3n) is 5.50. The molecule has 2 aromatic carbocycles. The Labute approximate surface area is 194 Å². The van der Waals surface area contributed by atoms with Crippen LogP contribution in [0.15, 0.2) is 58.3 Å². The lowest BCUT2D eigenvalue weighted by atomic mass is 9.90. The van der Waals surface area contributed by atoms with E-state index in [1.54, 1.807) is 24.3 Å². The molecule has 0 unspecified atom stereocenters. The van der Waals surface area contributed by atoms with Crippen LogP contribution in [-0.4, -0.2) is 43.5 Å². The molecule has 0 atom stereocenters. The van der Waals surface area contributed by atoms with Crippen molar-refractivity contribution in [1.29, 1.82) is 0 Å². The third kappa shape index (κ3) is 3.98. The first-order chi connectivity index (χ1) is 16.7. The molecule has 11 heteroatoms. The number of anilines is 1. The van der Waals surface area contributed by atoms with E-state index in [4.69, 9.17) is 15.1 Å². The van der Waals surface area contributed by atoms with E-state index in [2.05, 4.69) is 37.2 Å². The van der Waals surface area contributed by atoms with E-state index >= 15 is 0 Å². The Balaban J connectivity index is 1.51. The number of aryl methyl sites for hydroxylation is 1. The number of benzene rings is 2. The number of nitrogen functional groups attached to an aromatic ring is 1. The van der Waals surface area contributed by atoms with Crippen LogP contribution in [0.2, 0.25) is 0 Å². The maximum Gasteiger partial charge on any atom is 0.294 e. The summed E-state index contributed by atoms with van der Waals surface area (Å²) in [5.41, 5.74) is 12.7. The van der Waals surface area contributed by atoms with Crippen LogP contribution in [0, 0.1) is 0 Å². The topological polar surface area (TPSA) is 146 Å². The van der Waals surface area contributed by atoms with Crippen LogP contribution in [0.4, 0.5) is 5.82 Å². The second kappa shape index (κ2) is 9.14. The number of aromatic nitrogens is 5. The highest BCUT2D eigenvalue weighted by molar-refractivity contribution is 6.04. The van der Waals surface area contributed by atoms with Crippen LogP contribution >= 0.6 is 0 Å². The summed E-state index contributed by atoms with van der Waals surface area (Å²) in [6, 6.07) is 15.2. The number of hydrazone groups is 1. The number of fused-ring (bicyclic) bond motifs is 1. The minimum atomic E-state index is -0.513. The van der Waals surface area contributed by atoms with Crippen LogP contribution in [0.3, 0.4) is 0 Å². The zero-order chi connectivity index (χ0) is 23.5. The molecular weight excluding hydrogens is 436 g/mol. The van der Waals surface area contributed by atoms with Crippen LogP contribution in [0.5, 0.6) is 5.75 Å². The lowest BCUT2D eigenvalue weighted by molar-refractivity contribution is 0.0950. The molecular formula is C23H22N8O3. The van der Waals surface area contributed by atoms with E-state index in [9.17, 15) is 4.79 Å². The van der Waals surface area contributed by atoms with Gasteiger partial charge in [0, 0.05) is 11.1 Å². The summed E-state index contributed by atoms with van der Waals surface area (Å²) in [7, 11) is 0. The number of amides is 1. The van der Waals surface area contributed by atoms with Gasteiger partial charge in [0.1, 0.15) is 11.4 Å². The number of nitrogens with one attached hydrogen (secondary N) is 1. The van der Waals surface area contributed by atoms with Gasteiger partial charge in [-0.15, -0.1) is 5.10 Å². The largest absolute Gasteiger partial charge is 0.494 e. The second-order valence-electron chi connectivity index (χ2n) is 7.64. The molecule has 1 amide bonds. The van der Waals surface area contributed by atoms with Crippen molar-refractivity contribution >= 4 is 17.4 Å². The third-order valence-corrected chi connectivity index (χ3v) is 5.50. The van der Waals surface area contributed by atoms with Crippen molar-refractivity contribution in [3.63, 3.8) is 0 Å². The van der Waals surface area contributed by atoms with Gasteiger partial charge in [-0.3, -0.25) is 4.79 Å². The Bertz CT molecular complexity index is 1360. The molecule has 172 valence electrons. The molecule has 11 nitrogen and oxygen atoms in total. The molecule has 2 heterocycles. The van der Waals surface area contributed by atoms with Crippen LogP contribution in [-0.2, 0) is 6.42 Å². The van der Waals surface area contributed by atoms with Gasteiger partial charge in [0.05, 0.1) is 12.3 Å². The number of hydrogen-bond donors (Lipinski definition) is 2. The summed E-state index contributed by atoms with van der Waals surface area (Å²) in [6.45, 7) is 2.44. The number of nitrogens with zero attached hydrogens (tertiary/aromatic N) is 6. The first-order valence-electron chi connectivity index (χ1n) is 10.9. The second-order valence-corrected chi connectivity index (χ2v) is 7.64. The predicted octanol–water partition coefficient (Wildman–Crippen LogP) is 2.77. The fourth-order valence-electron chi connectivity index (χ4n) is 3.94. The van der Waals surface area contributed by atoms with Crippen molar-refractivity contribution in [3.8, 4) is 22.8 Å². The number of carbonyl (C=O) groups excluding carboxylic acids is 1. The quantitative estimate of drug-likeness (QED) is 0.419. The monoisotopic (exact) mass is 458 g/mol. The Kier molecular flexibility index (Phi) is 5.73. The first kappa shape index (κ1) is 21.3. The normalized spacial score (nSPS) is 14.1. The summed E-state index contributed by atoms with van der Waals surface area (Å²) >= 11 is 0. The molecule has 0 saturated heterocycles. The molecule has 1 aliphatic carbocycles. The number of ether oxygens (including phenoxy) is 1. The summed E-state index contributed by atoms with van der Waals surface area (Å²) in [5, 5.41) is 20.0. The molecule has 0 saturated carbocycles. The minimum absolute atomic E-state index is 0.0168. The molecule has 0 fully saturated rings. The smallest absolute Gasteiger partial charge is 0.294 e. The maximum absolute atomic E-state index is 13.2. The van der Waals surface area contributed by atoms with Gasteiger partial charge in [0.25, 0.3) is 5.91 Å². The Hall–Kier alpha value is -4.54. The Morgan fingerprint density at radius 2 is 2.00 bits per heavy atom. The molecule has 0 aliphatic heterocycles. The van der Waals surface area contributed by atoms with Gasteiger partial charge in [0.2, 0.25) is 11.6 Å². The zero-order valence-corrected chi connectivity index (χ0v) is 18.4. The molecule has 2 aromatic heterocycles. The summed E-state index contributed by atoms with van der Waals surface area (Å²) < 4.78 is 11.6. The molecule has 0 spiro atoms. The average molecular weight is 458 g/mol. The predicted molar refractivity (Wildman–Crippen MR) is 124 cm³/mol. The Morgan fingerprint density at radius 3 is 2.76 bits per heavy atom. The number of hydrogen-bond acceptors (Lipinski definition) is 9. The SMILES string of the molecule is CCOc1ccc(-c2c(C(=O)N/N=C3\CCCc4ccccc43)nnn2-c2nonc2N)cc1. The summed E-state index contributed by atoms with van der Waals surface area (Å²) in [5.74, 6) is 0.327. The van der Waals surface area contributed by atoms with Crippen molar-refractivity contribution < 1.29 is 14.2 Å². The minimum Gasteiger partial charge on any atom is -0.494 e. The molecule has 0 radical (unpaired) electrons. The molecule has 0 bridgehead atoms. The van der Waals surface area contributed by atoms with Crippen LogP contribution in [0.1, 0.15) is 41.4 Å². The molecule has 4 aromatic rings. The molecule has 5 rings (SSSR count). The molecule has 1 aliphatic rings. The van der Waals surface area contributed by atoms with Gasteiger partial charge in [-0.05, 0) is 66.3 Å². The van der Waals surface area contributed by atoms with Gasteiger partial charge in [-0.25, -0.2) is 10.1 Å². The number of carbonyl (C=O) groups is 1. The highest BCUT2D eigenvalue weighted by atomic mass is 16.6. The van der Waals surface area contributed by atoms with E-state index in [0.717, 1.165) is 30.5 Å². The van der Waals surface area contributed by atoms with Crippen molar-refractivity contribution in [3.05, 3.63) is 65.4 Å². The molecule has 34 heavy (non-hydrogen) atoms. The van der Waals surface area contributed by atoms with E-state index in [1.807, 2.05) is 25.1 Å². The number of rotatable bonds is 6. The van der Waals surface area contributed by atoms with Gasteiger partial charge in [0.15, 0.2) is 5.69 Å². The zero-order valence-electron chi connectivity index (χ0n) is 18.4. The van der Waals surface area contributed by atoms with E-state index < -0.39 is 5.91 Å².